The number of nitrogens with zero attached hydrogens (tertiary/aromatic N) is 2. The number of carbonyl (C=O) groups is 2. The van der Waals surface area contributed by atoms with E-state index in [1.54, 1.807) is 29.2 Å². The molecule has 0 unspecified atom stereocenters. The number of sulfonamides is 1. The number of carbonyl (C=O) groups excluding carboxylic acids is 2. The van der Waals surface area contributed by atoms with Gasteiger partial charge >= 0.3 is 0 Å². The molecule has 0 spiro atoms. The summed E-state index contributed by atoms with van der Waals surface area (Å²) in [6, 6.07) is 12.1. The number of benzene rings is 3. The van der Waals surface area contributed by atoms with Gasteiger partial charge in [0.05, 0.1) is 18.9 Å². The van der Waals surface area contributed by atoms with Crippen molar-refractivity contribution in [3.63, 3.8) is 0 Å². The second-order valence-electron chi connectivity index (χ2n) is 8.03. The molecule has 0 saturated carbocycles. The van der Waals surface area contributed by atoms with E-state index in [2.05, 4.69) is 5.32 Å². The zero-order valence-electron chi connectivity index (χ0n) is 18.4. The molecule has 34 heavy (non-hydrogen) atoms. The van der Waals surface area contributed by atoms with Crippen molar-refractivity contribution in [2.24, 2.45) is 0 Å². The molecule has 1 fully saturated rings. The lowest BCUT2D eigenvalue weighted by molar-refractivity contribution is 0.0729. The number of ether oxygens (including phenoxy) is 1. The number of nitrogens with one attached hydrogen (secondary N) is 1. The summed E-state index contributed by atoms with van der Waals surface area (Å²) in [6.07, 6.45) is 0. The van der Waals surface area contributed by atoms with E-state index in [4.69, 9.17) is 4.74 Å². The van der Waals surface area contributed by atoms with Gasteiger partial charge in [0.25, 0.3) is 11.8 Å². The maximum absolute atomic E-state index is 14.5. The normalized spacial score (nSPS) is 16.3. The molecule has 2 amide bonds. The van der Waals surface area contributed by atoms with Gasteiger partial charge in [-0.2, -0.15) is 4.31 Å². The van der Waals surface area contributed by atoms with Crippen molar-refractivity contribution in [2.75, 3.05) is 43.1 Å². The maximum atomic E-state index is 14.5. The van der Waals surface area contributed by atoms with E-state index in [0.29, 0.717) is 23.2 Å². The van der Waals surface area contributed by atoms with E-state index < -0.39 is 26.6 Å². The van der Waals surface area contributed by atoms with Crippen LogP contribution in [-0.2, 0) is 14.8 Å². The zero-order chi connectivity index (χ0) is 24.0. The summed E-state index contributed by atoms with van der Waals surface area (Å²) in [5, 5.41) is 4.23. The van der Waals surface area contributed by atoms with Gasteiger partial charge in [0.15, 0.2) is 0 Å². The summed E-state index contributed by atoms with van der Waals surface area (Å²) in [6.45, 7) is 3.10. The smallest absolute Gasteiger partial charge is 0.258 e. The molecule has 5 rings (SSSR count). The predicted molar refractivity (Wildman–Crippen MR) is 125 cm³/mol. The average Bonchev–Trinajstić information content (AvgIpc) is 3.13. The van der Waals surface area contributed by atoms with Crippen molar-refractivity contribution >= 4 is 44.0 Å². The summed E-state index contributed by atoms with van der Waals surface area (Å²) in [4.78, 5) is 26.9. The van der Waals surface area contributed by atoms with Gasteiger partial charge in [-0.1, -0.05) is 12.1 Å². The maximum Gasteiger partial charge on any atom is 0.258 e. The number of anilines is 2. The van der Waals surface area contributed by atoms with Gasteiger partial charge in [0.2, 0.25) is 10.0 Å². The second kappa shape index (κ2) is 8.46. The molecule has 2 aliphatic heterocycles. The Balaban J connectivity index is 1.49. The highest BCUT2D eigenvalue weighted by atomic mass is 32.2. The standard InChI is InChI=1S/C24H22FN3O5S/c1-2-28-20-9-8-19(16-4-3-5-17(22(16)20)24(28)30)26-23(29)15-6-7-18(25)21(14-15)34(31,32)27-10-12-33-13-11-27/h3-9,14H,2,10-13H2,1H3,(H,26,29). The first-order valence-electron chi connectivity index (χ1n) is 10.9. The molecule has 10 heteroatoms. The molecule has 1 saturated heterocycles. The topological polar surface area (TPSA) is 96.0 Å². The molecule has 0 radical (unpaired) electrons. The van der Waals surface area contributed by atoms with Crippen LogP contribution < -0.4 is 10.2 Å². The van der Waals surface area contributed by atoms with Crippen LogP contribution in [0.2, 0.25) is 0 Å². The molecular formula is C24H22FN3O5S. The van der Waals surface area contributed by atoms with E-state index >= 15 is 0 Å². The van der Waals surface area contributed by atoms with E-state index in [9.17, 15) is 22.4 Å². The monoisotopic (exact) mass is 483 g/mol. The van der Waals surface area contributed by atoms with E-state index in [1.165, 1.54) is 6.07 Å². The number of hydrogen-bond acceptors (Lipinski definition) is 5. The van der Waals surface area contributed by atoms with E-state index in [-0.39, 0.29) is 37.8 Å². The zero-order valence-corrected chi connectivity index (χ0v) is 19.2. The molecule has 2 heterocycles. The lowest BCUT2D eigenvalue weighted by Gasteiger charge is -2.26. The molecule has 2 aliphatic rings. The third kappa shape index (κ3) is 3.54. The van der Waals surface area contributed by atoms with Crippen molar-refractivity contribution in [3.05, 3.63) is 65.5 Å². The van der Waals surface area contributed by atoms with Gasteiger partial charge in [-0.3, -0.25) is 9.59 Å². The van der Waals surface area contributed by atoms with Crippen LogP contribution in [0.25, 0.3) is 10.8 Å². The van der Waals surface area contributed by atoms with Gasteiger partial charge in [-0.25, -0.2) is 12.8 Å². The molecule has 1 N–H and O–H groups in total. The lowest BCUT2D eigenvalue weighted by Crippen LogP contribution is -2.41. The molecular weight excluding hydrogens is 461 g/mol. The molecule has 176 valence electrons. The number of rotatable bonds is 5. The highest BCUT2D eigenvalue weighted by molar-refractivity contribution is 7.89. The first-order valence-corrected chi connectivity index (χ1v) is 12.3. The average molecular weight is 484 g/mol. The van der Waals surface area contributed by atoms with Gasteiger partial charge in [0.1, 0.15) is 10.7 Å². The van der Waals surface area contributed by atoms with Crippen LogP contribution >= 0.6 is 0 Å². The van der Waals surface area contributed by atoms with Gasteiger partial charge in [-0.05, 0) is 43.3 Å². The van der Waals surface area contributed by atoms with Crippen molar-refractivity contribution in [2.45, 2.75) is 11.8 Å². The third-order valence-electron chi connectivity index (χ3n) is 6.13. The SMILES string of the molecule is CCN1C(=O)c2cccc3c(NC(=O)c4ccc(F)c(S(=O)(=O)N5CCOCC5)c4)ccc1c23. The number of hydrogen-bond donors (Lipinski definition) is 1. The van der Waals surface area contributed by atoms with Crippen LogP contribution in [0.15, 0.2) is 53.4 Å². The Morgan fingerprint density at radius 2 is 1.88 bits per heavy atom. The van der Waals surface area contributed by atoms with Gasteiger partial charge in [0, 0.05) is 47.2 Å². The lowest BCUT2D eigenvalue weighted by atomic mass is 10.0. The van der Waals surface area contributed by atoms with Crippen LogP contribution in [0.1, 0.15) is 27.6 Å². The number of morpholine rings is 1. The Labute approximate surface area is 196 Å². The van der Waals surface area contributed by atoms with Crippen molar-refractivity contribution in [1.82, 2.24) is 4.31 Å². The van der Waals surface area contributed by atoms with Crippen LogP contribution in [0.3, 0.4) is 0 Å². The summed E-state index contributed by atoms with van der Waals surface area (Å²) >= 11 is 0. The fourth-order valence-electron chi connectivity index (χ4n) is 4.43. The summed E-state index contributed by atoms with van der Waals surface area (Å²) < 4.78 is 46.7. The predicted octanol–water partition coefficient (Wildman–Crippen LogP) is 3.23. The Morgan fingerprint density at radius 3 is 2.62 bits per heavy atom. The summed E-state index contributed by atoms with van der Waals surface area (Å²) in [5.41, 5.74) is 1.81. The largest absolute Gasteiger partial charge is 0.379 e. The van der Waals surface area contributed by atoms with Crippen LogP contribution in [0, 0.1) is 5.82 Å². The minimum absolute atomic E-state index is 0.00255. The van der Waals surface area contributed by atoms with E-state index in [0.717, 1.165) is 27.5 Å². The van der Waals surface area contributed by atoms with Crippen molar-refractivity contribution in [3.8, 4) is 0 Å². The summed E-state index contributed by atoms with van der Waals surface area (Å²) in [5.74, 6) is -1.61. The van der Waals surface area contributed by atoms with Crippen LogP contribution in [-0.4, -0.2) is 57.4 Å². The second-order valence-corrected chi connectivity index (χ2v) is 9.93. The Hall–Kier alpha value is -3.34. The van der Waals surface area contributed by atoms with Crippen molar-refractivity contribution in [1.29, 1.82) is 0 Å². The summed E-state index contributed by atoms with van der Waals surface area (Å²) in [7, 11) is -4.12. The minimum atomic E-state index is -4.12. The Morgan fingerprint density at radius 1 is 1.12 bits per heavy atom. The Bertz CT molecular complexity index is 1430. The minimum Gasteiger partial charge on any atom is -0.379 e. The molecule has 3 aromatic carbocycles. The highest BCUT2D eigenvalue weighted by Crippen LogP contribution is 2.40. The first-order chi connectivity index (χ1) is 16.3. The Kier molecular flexibility index (Phi) is 5.59. The quantitative estimate of drug-likeness (QED) is 0.601. The van der Waals surface area contributed by atoms with Crippen molar-refractivity contribution < 1.29 is 27.1 Å². The molecule has 0 aliphatic carbocycles. The molecule has 0 aromatic heterocycles. The van der Waals surface area contributed by atoms with Crippen LogP contribution in [0.5, 0.6) is 0 Å². The molecule has 0 bridgehead atoms. The fraction of sp³-hybridized carbons (Fsp3) is 0.250. The van der Waals surface area contributed by atoms with Gasteiger partial charge in [-0.15, -0.1) is 0 Å². The molecule has 8 nitrogen and oxygen atoms in total. The number of halogens is 1. The molecule has 0 atom stereocenters. The van der Waals surface area contributed by atoms with Gasteiger partial charge < -0.3 is 15.0 Å². The first kappa shape index (κ1) is 22.5. The fourth-order valence-corrected chi connectivity index (χ4v) is 5.93. The highest BCUT2D eigenvalue weighted by Gasteiger charge is 2.31. The number of amides is 2. The van der Waals surface area contributed by atoms with Crippen LogP contribution in [0.4, 0.5) is 15.8 Å². The molecule has 3 aromatic rings. The third-order valence-corrected chi connectivity index (χ3v) is 8.04. The van der Waals surface area contributed by atoms with E-state index in [1.807, 2.05) is 13.0 Å².